The SMILES string of the molecule is CC(C)(C)OC(=O)NC(Cc1ccccc1)C(=O)O.O=C(c1ncc[nH]1)c1ncc[nH]1. The number of carboxylic acid groups (broad SMARTS) is 1. The number of hydrogen-bond acceptors (Lipinski definition) is 6. The Morgan fingerprint density at radius 1 is 1.03 bits per heavy atom. The van der Waals surface area contributed by atoms with Gasteiger partial charge in [0.25, 0.3) is 5.78 Å². The van der Waals surface area contributed by atoms with Crippen LogP contribution in [0, 0.1) is 0 Å². The first-order valence-corrected chi connectivity index (χ1v) is 9.45. The van der Waals surface area contributed by atoms with Gasteiger partial charge in [0, 0.05) is 31.2 Å². The van der Waals surface area contributed by atoms with Gasteiger partial charge in [-0.05, 0) is 26.3 Å². The second kappa shape index (κ2) is 10.7. The van der Waals surface area contributed by atoms with Crippen molar-refractivity contribution in [2.24, 2.45) is 0 Å². The largest absolute Gasteiger partial charge is 0.480 e. The van der Waals surface area contributed by atoms with Crippen LogP contribution < -0.4 is 5.32 Å². The Morgan fingerprint density at radius 3 is 2.00 bits per heavy atom. The van der Waals surface area contributed by atoms with E-state index in [2.05, 4.69) is 25.3 Å². The molecule has 0 saturated carbocycles. The highest BCUT2D eigenvalue weighted by Crippen LogP contribution is 2.08. The van der Waals surface area contributed by atoms with Gasteiger partial charge in [-0.2, -0.15) is 0 Å². The Bertz CT molecular complexity index is 927. The maximum Gasteiger partial charge on any atom is 0.408 e. The van der Waals surface area contributed by atoms with E-state index in [9.17, 15) is 14.4 Å². The fourth-order valence-electron chi connectivity index (χ4n) is 2.39. The molecule has 3 rings (SSSR count). The highest BCUT2D eigenvalue weighted by Gasteiger charge is 2.24. The lowest BCUT2D eigenvalue weighted by Gasteiger charge is -2.22. The molecule has 4 N–H and O–H groups in total. The van der Waals surface area contributed by atoms with Gasteiger partial charge in [0.2, 0.25) is 0 Å². The number of H-pyrrole nitrogens is 2. The van der Waals surface area contributed by atoms with Gasteiger partial charge in [-0.1, -0.05) is 30.3 Å². The van der Waals surface area contributed by atoms with Gasteiger partial charge in [0.05, 0.1) is 0 Å². The summed E-state index contributed by atoms with van der Waals surface area (Å²) in [5.41, 5.74) is 0.186. The zero-order valence-electron chi connectivity index (χ0n) is 17.5. The van der Waals surface area contributed by atoms with Crippen LogP contribution in [0.1, 0.15) is 42.8 Å². The summed E-state index contributed by atoms with van der Waals surface area (Å²) in [5, 5.41) is 11.5. The van der Waals surface area contributed by atoms with E-state index < -0.39 is 23.7 Å². The van der Waals surface area contributed by atoms with Crippen molar-refractivity contribution in [3.05, 3.63) is 72.3 Å². The number of aliphatic carboxylic acids is 1. The number of amides is 1. The zero-order valence-corrected chi connectivity index (χ0v) is 17.5. The van der Waals surface area contributed by atoms with Crippen molar-refractivity contribution in [2.75, 3.05) is 0 Å². The number of nitrogens with zero attached hydrogens (tertiary/aromatic N) is 2. The highest BCUT2D eigenvalue weighted by atomic mass is 16.6. The summed E-state index contributed by atoms with van der Waals surface area (Å²) in [6.45, 7) is 5.17. The number of imidazole rings is 2. The molecule has 0 radical (unpaired) electrons. The van der Waals surface area contributed by atoms with E-state index in [1.807, 2.05) is 30.3 Å². The summed E-state index contributed by atoms with van der Waals surface area (Å²) in [4.78, 5) is 47.1. The van der Waals surface area contributed by atoms with Crippen molar-refractivity contribution >= 4 is 17.8 Å². The van der Waals surface area contributed by atoms with Crippen molar-refractivity contribution in [3.63, 3.8) is 0 Å². The second-order valence-corrected chi connectivity index (χ2v) is 7.43. The number of carbonyl (C=O) groups is 3. The minimum Gasteiger partial charge on any atom is -0.480 e. The van der Waals surface area contributed by atoms with Crippen LogP contribution in [0.5, 0.6) is 0 Å². The standard InChI is InChI=1S/C14H19NO4.C7H6N4O/c1-14(2,3)19-13(18)15-11(12(16)17)9-10-7-5-4-6-8-10;12-5(6-8-1-2-9-6)7-10-3-4-11-7/h4-8,11H,9H2,1-3H3,(H,15,18)(H,16,17);1-4H,(H,8,9)(H,10,11). The topological polar surface area (TPSA) is 150 Å². The van der Waals surface area contributed by atoms with E-state index in [1.165, 1.54) is 12.4 Å². The van der Waals surface area contributed by atoms with Crippen molar-refractivity contribution in [2.45, 2.75) is 38.8 Å². The lowest BCUT2D eigenvalue weighted by Crippen LogP contribution is -2.44. The molecular formula is C21H25N5O5. The number of carbonyl (C=O) groups excluding carboxylic acids is 2. The van der Waals surface area contributed by atoms with Crippen LogP contribution in [0.15, 0.2) is 55.1 Å². The quantitative estimate of drug-likeness (QED) is 0.442. The van der Waals surface area contributed by atoms with Gasteiger partial charge in [-0.15, -0.1) is 0 Å². The first-order valence-electron chi connectivity index (χ1n) is 9.45. The molecule has 2 heterocycles. The first-order chi connectivity index (χ1) is 14.7. The van der Waals surface area contributed by atoms with E-state index in [4.69, 9.17) is 9.84 Å². The van der Waals surface area contributed by atoms with Crippen LogP contribution in [0.3, 0.4) is 0 Å². The molecule has 164 valence electrons. The predicted molar refractivity (Wildman–Crippen MR) is 112 cm³/mol. The lowest BCUT2D eigenvalue weighted by atomic mass is 10.1. The van der Waals surface area contributed by atoms with E-state index in [0.717, 1.165) is 5.56 Å². The number of hydrogen-bond donors (Lipinski definition) is 4. The van der Waals surface area contributed by atoms with Crippen LogP contribution in [0.4, 0.5) is 4.79 Å². The number of aromatic amines is 2. The number of aromatic nitrogens is 4. The Balaban J connectivity index is 0.000000242. The van der Waals surface area contributed by atoms with Gasteiger partial charge in [-0.3, -0.25) is 4.79 Å². The van der Waals surface area contributed by atoms with Crippen LogP contribution in [-0.4, -0.2) is 54.5 Å². The molecule has 0 fully saturated rings. The van der Waals surface area contributed by atoms with Crippen LogP contribution in [0.2, 0.25) is 0 Å². The smallest absolute Gasteiger partial charge is 0.408 e. The number of alkyl carbamates (subject to hydrolysis) is 1. The summed E-state index contributed by atoms with van der Waals surface area (Å²) >= 11 is 0. The number of rotatable bonds is 6. The van der Waals surface area contributed by atoms with E-state index >= 15 is 0 Å². The molecule has 0 spiro atoms. The average Bonchev–Trinajstić information content (AvgIpc) is 3.41. The third-order valence-electron chi connectivity index (χ3n) is 3.70. The minimum absolute atomic E-state index is 0.218. The molecule has 10 heteroatoms. The fourth-order valence-corrected chi connectivity index (χ4v) is 2.39. The molecule has 0 aliphatic rings. The normalized spacial score (nSPS) is 11.6. The van der Waals surface area contributed by atoms with Gasteiger partial charge in [-0.25, -0.2) is 19.6 Å². The van der Waals surface area contributed by atoms with Crippen LogP contribution >= 0.6 is 0 Å². The Labute approximate surface area is 179 Å². The number of ketones is 1. The minimum atomic E-state index is -1.09. The number of nitrogens with one attached hydrogen (secondary N) is 3. The van der Waals surface area contributed by atoms with Crippen molar-refractivity contribution in [1.29, 1.82) is 0 Å². The fraction of sp³-hybridized carbons (Fsp3) is 0.286. The molecule has 1 aromatic carbocycles. The summed E-state index contributed by atoms with van der Waals surface area (Å²) in [6.07, 6.45) is 5.73. The maximum atomic E-state index is 11.6. The zero-order chi connectivity index (χ0) is 22.9. The summed E-state index contributed by atoms with van der Waals surface area (Å²) in [5.74, 6) is -0.727. The third-order valence-corrected chi connectivity index (χ3v) is 3.70. The third kappa shape index (κ3) is 8.13. The molecule has 0 saturated heterocycles. The second-order valence-electron chi connectivity index (χ2n) is 7.43. The van der Waals surface area contributed by atoms with Crippen molar-refractivity contribution < 1.29 is 24.2 Å². The van der Waals surface area contributed by atoms with Crippen molar-refractivity contribution in [1.82, 2.24) is 25.3 Å². The van der Waals surface area contributed by atoms with Crippen LogP contribution in [0.25, 0.3) is 0 Å². The van der Waals surface area contributed by atoms with Crippen LogP contribution in [-0.2, 0) is 16.0 Å². The summed E-state index contributed by atoms with van der Waals surface area (Å²) in [6, 6.07) is 8.11. The predicted octanol–water partition coefficient (Wildman–Crippen LogP) is 2.57. The maximum absolute atomic E-state index is 11.6. The molecule has 10 nitrogen and oxygen atoms in total. The molecule has 1 amide bonds. The van der Waals surface area contributed by atoms with E-state index in [1.54, 1.807) is 33.2 Å². The lowest BCUT2D eigenvalue weighted by molar-refractivity contribution is -0.139. The molecular weight excluding hydrogens is 402 g/mol. The monoisotopic (exact) mass is 427 g/mol. The van der Waals surface area contributed by atoms with Gasteiger partial charge < -0.3 is 25.1 Å². The molecule has 0 aliphatic heterocycles. The van der Waals surface area contributed by atoms with Gasteiger partial charge in [0.1, 0.15) is 11.6 Å². The summed E-state index contributed by atoms with van der Waals surface area (Å²) < 4.78 is 5.04. The Morgan fingerprint density at radius 2 is 1.58 bits per heavy atom. The molecule has 0 aliphatic carbocycles. The number of ether oxygens (including phenoxy) is 1. The molecule has 0 bridgehead atoms. The number of carboxylic acids is 1. The summed E-state index contributed by atoms with van der Waals surface area (Å²) in [7, 11) is 0. The Kier molecular flexibility index (Phi) is 8.07. The van der Waals surface area contributed by atoms with Gasteiger partial charge in [0.15, 0.2) is 11.6 Å². The highest BCUT2D eigenvalue weighted by molar-refractivity contribution is 6.03. The molecule has 31 heavy (non-hydrogen) atoms. The van der Waals surface area contributed by atoms with E-state index in [-0.39, 0.29) is 12.2 Å². The average molecular weight is 427 g/mol. The Hall–Kier alpha value is -3.95. The van der Waals surface area contributed by atoms with Gasteiger partial charge >= 0.3 is 12.1 Å². The molecule has 1 unspecified atom stereocenters. The molecule has 1 atom stereocenters. The molecule has 2 aromatic heterocycles. The first kappa shape index (κ1) is 23.3. The van der Waals surface area contributed by atoms with E-state index in [0.29, 0.717) is 11.6 Å². The van der Waals surface area contributed by atoms with Crippen molar-refractivity contribution in [3.8, 4) is 0 Å². The molecule has 3 aromatic rings. The number of benzene rings is 1.